The van der Waals surface area contributed by atoms with E-state index in [9.17, 15) is 9.18 Å². The van der Waals surface area contributed by atoms with Crippen molar-refractivity contribution in [2.45, 2.75) is 6.42 Å². The molecule has 0 bridgehead atoms. The van der Waals surface area contributed by atoms with E-state index >= 15 is 0 Å². The number of carbonyl (C=O) groups excluding carboxylic acids is 1. The fourth-order valence-electron chi connectivity index (χ4n) is 1.91. The van der Waals surface area contributed by atoms with Gasteiger partial charge in [0.25, 0.3) is 0 Å². The predicted octanol–water partition coefficient (Wildman–Crippen LogP) is 2.85. The predicted molar refractivity (Wildman–Crippen MR) is 71.8 cm³/mol. The summed E-state index contributed by atoms with van der Waals surface area (Å²) in [6.45, 7) is 0. The molecule has 0 amide bonds. The van der Waals surface area contributed by atoms with Gasteiger partial charge in [-0.25, -0.2) is 9.37 Å². The maximum Gasteiger partial charge on any atom is 0.315 e. The molecule has 0 aliphatic rings. The van der Waals surface area contributed by atoms with Gasteiger partial charge in [-0.05, 0) is 29.8 Å². The highest BCUT2D eigenvalue weighted by molar-refractivity contribution is 5.79. The summed E-state index contributed by atoms with van der Waals surface area (Å²) in [6.07, 6.45) is 1.68. The number of benzene rings is 2. The molecule has 0 saturated carbocycles. The second kappa shape index (κ2) is 5.13. The number of nitrogens with zero attached hydrogens (tertiary/aromatic N) is 1. The molecule has 3 rings (SSSR count). The molecule has 1 heterocycles. The van der Waals surface area contributed by atoms with E-state index in [1.807, 2.05) is 0 Å². The lowest BCUT2D eigenvalue weighted by Gasteiger charge is -2.04. The standard InChI is InChI=1S/C15H11FN2O2/c16-11-3-1-10(2-4-11)7-15(19)20-12-5-6-13-14(8-12)18-9-17-13/h1-6,8-9H,7H2,(H,17,18). The third kappa shape index (κ3) is 2.66. The van der Waals surface area contributed by atoms with Crippen molar-refractivity contribution in [3.63, 3.8) is 0 Å². The van der Waals surface area contributed by atoms with E-state index in [0.717, 1.165) is 11.0 Å². The normalized spacial score (nSPS) is 10.7. The summed E-state index contributed by atoms with van der Waals surface area (Å²) in [6, 6.07) is 10.9. The van der Waals surface area contributed by atoms with E-state index in [-0.39, 0.29) is 12.2 Å². The van der Waals surface area contributed by atoms with Crippen molar-refractivity contribution in [3.8, 4) is 5.75 Å². The lowest BCUT2D eigenvalue weighted by atomic mass is 10.1. The van der Waals surface area contributed by atoms with Crippen LogP contribution >= 0.6 is 0 Å². The Morgan fingerprint density at radius 1 is 1.20 bits per heavy atom. The lowest BCUT2D eigenvalue weighted by molar-refractivity contribution is -0.133. The van der Waals surface area contributed by atoms with Crippen molar-refractivity contribution >= 4 is 17.0 Å². The first-order valence-corrected chi connectivity index (χ1v) is 6.09. The highest BCUT2D eigenvalue weighted by atomic mass is 19.1. The summed E-state index contributed by atoms with van der Waals surface area (Å²) in [5.41, 5.74) is 2.32. The number of hydrogen-bond donors (Lipinski definition) is 1. The van der Waals surface area contributed by atoms with Gasteiger partial charge in [0.15, 0.2) is 0 Å². The number of imidazole rings is 1. The van der Waals surface area contributed by atoms with Gasteiger partial charge in [-0.1, -0.05) is 12.1 Å². The lowest BCUT2D eigenvalue weighted by Crippen LogP contribution is -2.11. The molecule has 2 aromatic carbocycles. The van der Waals surface area contributed by atoms with Crippen LogP contribution in [0, 0.1) is 5.82 Å². The highest BCUT2D eigenvalue weighted by Gasteiger charge is 2.08. The number of rotatable bonds is 3. The number of aromatic nitrogens is 2. The first-order valence-electron chi connectivity index (χ1n) is 6.09. The molecule has 100 valence electrons. The second-order valence-electron chi connectivity index (χ2n) is 4.36. The third-order valence-electron chi connectivity index (χ3n) is 2.89. The number of nitrogens with one attached hydrogen (secondary N) is 1. The van der Waals surface area contributed by atoms with Crippen molar-refractivity contribution in [3.05, 3.63) is 60.2 Å². The Morgan fingerprint density at radius 3 is 2.80 bits per heavy atom. The molecule has 0 aliphatic carbocycles. The highest BCUT2D eigenvalue weighted by Crippen LogP contribution is 2.18. The quantitative estimate of drug-likeness (QED) is 0.588. The molecule has 0 atom stereocenters. The van der Waals surface area contributed by atoms with Crippen molar-refractivity contribution in [2.24, 2.45) is 0 Å². The molecule has 1 aromatic heterocycles. The van der Waals surface area contributed by atoms with E-state index in [1.165, 1.54) is 12.1 Å². The summed E-state index contributed by atoms with van der Waals surface area (Å²) >= 11 is 0. The average molecular weight is 270 g/mol. The number of fused-ring (bicyclic) bond motifs is 1. The third-order valence-corrected chi connectivity index (χ3v) is 2.89. The van der Waals surface area contributed by atoms with E-state index < -0.39 is 5.97 Å². The van der Waals surface area contributed by atoms with Gasteiger partial charge >= 0.3 is 5.97 Å². The Bertz CT molecular complexity index is 750. The Balaban J connectivity index is 1.70. The van der Waals surface area contributed by atoms with Gasteiger partial charge in [0.05, 0.1) is 23.8 Å². The van der Waals surface area contributed by atoms with Crippen LogP contribution in [0.5, 0.6) is 5.75 Å². The molecule has 1 N–H and O–H groups in total. The minimum Gasteiger partial charge on any atom is -0.426 e. The van der Waals surface area contributed by atoms with Gasteiger partial charge in [-0.3, -0.25) is 4.79 Å². The molecular weight excluding hydrogens is 259 g/mol. The molecular formula is C15H11FN2O2. The summed E-state index contributed by atoms with van der Waals surface area (Å²) in [5, 5.41) is 0. The molecule has 0 saturated heterocycles. The summed E-state index contributed by atoms with van der Waals surface area (Å²) in [7, 11) is 0. The molecule has 0 fully saturated rings. The zero-order valence-corrected chi connectivity index (χ0v) is 10.5. The molecule has 20 heavy (non-hydrogen) atoms. The zero-order chi connectivity index (χ0) is 13.9. The molecule has 0 unspecified atom stereocenters. The maximum atomic E-state index is 12.8. The van der Waals surface area contributed by atoms with Gasteiger partial charge in [-0.2, -0.15) is 0 Å². The fourth-order valence-corrected chi connectivity index (χ4v) is 1.91. The van der Waals surface area contributed by atoms with Crippen molar-refractivity contribution in [2.75, 3.05) is 0 Å². The average Bonchev–Trinajstić information content (AvgIpc) is 2.89. The van der Waals surface area contributed by atoms with Crippen LogP contribution < -0.4 is 4.74 Å². The van der Waals surface area contributed by atoms with Crippen LogP contribution in [0.25, 0.3) is 11.0 Å². The van der Waals surface area contributed by atoms with Gasteiger partial charge in [-0.15, -0.1) is 0 Å². The minimum atomic E-state index is -0.393. The van der Waals surface area contributed by atoms with E-state index in [2.05, 4.69) is 9.97 Å². The number of hydrogen-bond acceptors (Lipinski definition) is 3. The largest absolute Gasteiger partial charge is 0.426 e. The number of aromatic amines is 1. The number of ether oxygens (including phenoxy) is 1. The summed E-state index contributed by atoms with van der Waals surface area (Å²) in [5.74, 6) is -0.267. The molecule has 4 nitrogen and oxygen atoms in total. The van der Waals surface area contributed by atoms with Crippen molar-refractivity contribution in [1.29, 1.82) is 0 Å². The smallest absolute Gasteiger partial charge is 0.315 e. The number of H-pyrrole nitrogens is 1. The molecule has 5 heteroatoms. The second-order valence-corrected chi connectivity index (χ2v) is 4.36. The first-order chi connectivity index (χ1) is 9.70. The van der Waals surface area contributed by atoms with Crippen LogP contribution in [0.15, 0.2) is 48.8 Å². The van der Waals surface area contributed by atoms with Crippen LogP contribution in [0.2, 0.25) is 0 Å². The fraction of sp³-hybridized carbons (Fsp3) is 0.0667. The number of esters is 1. The van der Waals surface area contributed by atoms with Crippen LogP contribution in [0.3, 0.4) is 0 Å². The molecule has 0 aliphatic heterocycles. The van der Waals surface area contributed by atoms with Crippen molar-refractivity contribution in [1.82, 2.24) is 9.97 Å². The van der Waals surface area contributed by atoms with Crippen LogP contribution in [0.1, 0.15) is 5.56 Å². The van der Waals surface area contributed by atoms with Crippen LogP contribution in [0.4, 0.5) is 4.39 Å². The molecule has 3 aromatic rings. The van der Waals surface area contributed by atoms with Gasteiger partial charge in [0.2, 0.25) is 0 Å². The van der Waals surface area contributed by atoms with Crippen LogP contribution in [-0.2, 0) is 11.2 Å². The minimum absolute atomic E-state index is 0.0985. The summed E-state index contributed by atoms with van der Waals surface area (Å²) in [4.78, 5) is 18.8. The van der Waals surface area contributed by atoms with E-state index in [4.69, 9.17) is 4.74 Å². The number of halogens is 1. The van der Waals surface area contributed by atoms with Gasteiger partial charge in [0.1, 0.15) is 11.6 Å². The SMILES string of the molecule is O=C(Cc1ccc(F)cc1)Oc1ccc2nc[nH]c2c1. The Labute approximate surface area is 114 Å². The Kier molecular flexibility index (Phi) is 3.16. The summed E-state index contributed by atoms with van der Waals surface area (Å²) < 4.78 is 18.0. The first kappa shape index (κ1) is 12.3. The van der Waals surface area contributed by atoms with Gasteiger partial charge in [0, 0.05) is 6.07 Å². The molecule has 0 radical (unpaired) electrons. The zero-order valence-electron chi connectivity index (χ0n) is 10.5. The number of carbonyl (C=O) groups is 1. The van der Waals surface area contributed by atoms with Crippen molar-refractivity contribution < 1.29 is 13.9 Å². The van der Waals surface area contributed by atoms with Gasteiger partial charge < -0.3 is 9.72 Å². The Hall–Kier alpha value is -2.69. The topological polar surface area (TPSA) is 55.0 Å². The molecule has 0 spiro atoms. The van der Waals surface area contributed by atoms with E-state index in [1.54, 1.807) is 36.7 Å². The Morgan fingerprint density at radius 2 is 2.00 bits per heavy atom. The maximum absolute atomic E-state index is 12.8. The monoisotopic (exact) mass is 270 g/mol. The van der Waals surface area contributed by atoms with E-state index in [0.29, 0.717) is 11.3 Å². The van der Waals surface area contributed by atoms with Crippen LogP contribution in [-0.4, -0.2) is 15.9 Å².